The van der Waals surface area contributed by atoms with Crippen molar-refractivity contribution < 1.29 is 0 Å². The van der Waals surface area contributed by atoms with Gasteiger partial charge in [0.2, 0.25) is 0 Å². The summed E-state index contributed by atoms with van der Waals surface area (Å²) in [5.41, 5.74) is 2.99. The number of hydrogen-bond donors (Lipinski definition) is 0. The maximum absolute atomic E-state index is 5.01. The average Bonchev–Trinajstić information content (AvgIpc) is 3.10. The van der Waals surface area contributed by atoms with Gasteiger partial charge in [0.1, 0.15) is 5.82 Å². The number of anilines is 1. The summed E-state index contributed by atoms with van der Waals surface area (Å²) in [5, 5.41) is 2.49. The first-order valence-electron chi connectivity index (χ1n) is 8.78. The van der Waals surface area contributed by atoms with Crippen LogP contribution < -0.4 is 4.90 Å². The smallest absolute Gasteiger partial charge is 0.134 e. The number of hydrogen-bond acceptors (Lipinski definition) is 3. The van der Waals surface area contributed by atoms with E-state index in [0.717, 1.165) is 22.8 Å². The fourth-order valence-electron chi connectivity index (χ4n) is 3.11. The molecule has 0 spiro atoms. The lowest BCUT2D eigenvalue weighted by Gasteiger charge is -2.20. The van der Waals surface area contributed by atoms with E-state index >= 15 is 0 Å². The van der Waals surface area contributed by atoms with Crippen LogP contribution in [0.3, 0.4) is 0 Å². The number of fused-ring (bicyclic) bond motifs is 3. The van der Waals surface area contributed by atoms with Crippen LogP contribution in [0.1, 0.15) is 0 Å². The number of benzene rings is 2. The molecule has 2 nitrogen and oxygen atoms in total. The molecule has 0 aliphatic carbocycles. The molecule has 0 N–H and O–H groups in total. The largest absolute Gasteiger partial charge is 0.330 e. The highest BCUT2D eigenvalue weighted by molar-refractivity contribution is 7.26. The average molecular weight is 369 g/mol. The second kappa shape index (κ2) is 7.22. The lowest BCUT2D eigenvalue weighted by Crippen LogP contribution is -2.15. The molecule has 2 heterocycles. The van der Waals surface area contributed by atoms with Gasteiger partial charge in [-0.05, 0) is 18.2 Å². The van der Waals surface area contributed by atoms with Crippen molar-refractivity contribution in [3.8, 4) is 11.3 Å². The Labute approximate surface area is 163 Å². The van der Waals surface area contributed by atoms with Crippen LogP contribution in [0, 0.1) is 0 Å². The number of aromatic nitrogens is 1. The molecule has 0 aliphatic rings. The van der Waals surface area contributed by atoms with Gasteiger partial charge in [-0.25, -0.2) is 4.98 Å². The van der Waals surface area contributed by atoms with Crippen LogP contribution in [-0.4, -0.2) is 12.0 Å². The Balaban J connectivity index is 1.98. The molecule has 0 aliphatic heterocycles. The molecule has 0 atom stereocenters. The van der Waals surface area contributed by atoms with Gasteiger partial charge in [0.05, 0.1) is 10.4 Å². The van der Waals surface area contributed by atoms with Crippen molar-refractivity contribution in [2.45, 2.75) is 0 Å². The van der Waals surface area contributed by atoms with E-state index in [4.69, 9.17) is 4.98 Å². The molecule has 0 amide bonds. The molecule has 0 saturated carbocycles. The summed E-state index contributed by atoms with van der Waals surface area (Å²) >= 11 is 1.80. The Morgan fingerprint density at radius 2 is 1.78 bits per heavy atom. The lowest BCUT2D eigenvalue weighted by molar-refractivity contribution is 1.09. The highest BCUT2D eigenvalue weighted by atomic mass is 32.1. The van der Waals surface area contributed by atoms with E-state index in [0.29, 0.717) is 0 Å². The minimum atomic E-state index is 0.861. The molecule has 0 bridgehead atoms. The zero-order valence-electron chi connectivity index (χ0n) is 15.2. The first-order valence-corrected chi connectivity index (χ1v) is 9.60. The van der Waals surface area contributed by atoms with Crippen LogP contribution in [0.2, 0.25) is 0 Å². The topological polar surface area (TPSA) is 16.1 Å². The molecule has 0 fully saturated rings. The SMILES string of the molecule is C=CC=CC(=C)N(C)c1cc2c(sc3ccccc32)c(-c2ccccc2)n1. The zero-order chi connectivity index (χ0) is 18.8. The number of pyridine rings is 1. The molecule has 0 unspecified atom stereocenters. The molecule has 27 heavy (non-hydrogen) atoms. The molecular weight excluding hydrogens is 348 g/mol. The number of rotatable bonds is 5. The molecule has 2 aromatic heterocycles. The Morgan fingerprint density at radius 3 is 2.56 bits per heavy atom. The fraction of sp³-hybridized carbons (Fsp3) is 0.0417. The van der Waals surface area contributed by atoms with Crippen molar-refractivity contribution in [1.82, 2.24) is 4.98 Å². The summed E-state index contributed by atoms with van der Waals surface area (Å²) in [6.45, 7) is 7.88. The summed E-state index contributed by atoms with van der Waals surface area (Å²) in [7, 11) is 1.99. The van der Waals surface area contributed by atoms with Gasteiger partial charge in [0.25, 0.3) is 0 Å². The summed E-state index contributed by atoms with van der Waals surface area (Å²) in [4.78, 5) is 7.02. The summed E-state index contributed by atoms with van der Waals surface area (Å²) in [6, 6.07) is 21.1. The molecule has 2 aromatic carbocycles. The van der Waals surface area contributed by atoms with Gasteiger partial charge in [0, 0.05) is 33.8 Å². The van der Waals surface area contributed by atoms with Crippen molar-refractivity contribution in [3.63, 3.8) is 0 Å². The number of thiophene rings is 1. The molecule has 4 aromatic rings. The highest BCUT2D eigenvalue weighted by Gasteiger charge is 2.16. The molecule has 4 rings (SSSR count). The minimum Gasteiger partial charge on any atom is -0.330 e. The number of allylic oxidation sites excluding steroid dienone is 3. The van der Waals surface area contributed by atoms with Crippen molar-refractivity contribution >= 4 is 37.3 Å². The van der Waals surface area contributed by atoms with E-state index < -0.39 is 0 Å². The van der Waals surface area contributed by atoms with Crippen LogP contribution >= 0.6 is 11.3 Å². The Morgan fingerprint density at radius 1 is 1.04 bits per heavy atom. The third-order valence-electron chi connectivity index (χ3n) is 4.60. The van der Waals surface area contributed by atoms with E-state index in [9.17, 15) is 0 Å². The minimum absolute atomic E-state index is 0.861. The van der Waals surface area contributed by atoms with Crippen molar-refractivity contribution in [2.24, 2.45) is 0 Å². The van der Waals surface area contributed by atoms with E-state index in [1.807, 2.05) is 30.2 Å². The third kappa shape index (κ3) is 3.18. The first-order chi connectivity index (χ1) is 13.2. The Kier molecular flexibility index (Phi) is 4.61. The van der Waals surface area contributed by atoms with Crippen LogP contribution in [-0.2, 0) is 0 Å². The van der Waals surface area contributed by atoms with Crippen molar-refractivity contribution in [3.05, 3.63) is 97.7 Å². The van der Waals surface area contributed by atoms with Gasteiger partial charge in [-0.3, -0.25) is 0 Å². The van der Waals surface area contributed by atoms with E-state index in [-0.39, 0.29) is 0 Å². The Hall–Kier alpha value is -3.17. The summed E-state index contributed by atoms with van der Waals surface area (Å²) in [6.07, 6.45) is 5.57. The predicted octanol–water partition coefficient (Wildman–Crippen LogP) is 6.81. The maximum atomic E-state index is 5.01. The summed E-state index contributed by atoms with van der Waals surface area (Å²) < 4.78 is 2.49. The van der Waals surface area contributed by atoms with Gasteiger partial charge in [0.15, 0.2) is 0 Å². The van der Waals surface area contributed by atoms with Crippen molar-refractivity contribution in [1.29, 1.82) is 0 Å². The van der Waals surface area contributed by atoms with Gasteiger partial charge >= 0.3 is 0 Å². The first kappa shape index (κ1) is 17.3. The third-order valence-corrected chi connectivity index (χ3v) is 5.79. The zero-order valence-corrected chi connectivity index (χ0v) is 16.0. The molecule has 132 valence electrons. The van der Waals surface area contributed by atoms with E-state index in [2.05, 4.69) is 67.8 Å². The summed E-state index contributed by atoms with van der Waals surface area (Å²) in [5.74, 6) is 0.878. The van der Waals surface area contributed by atoms with Crippen LogP contribution in [0.15, 0.2) is 97.7 Å². The van der Waals surface area contributed by atoms with Gasteiger partial charge in [-0.1, -0.05) is 73.8 Å². The number of nitrogens with zero attached hydrogens (tertiary/aromatic N) is 2. The maximum Gasteiger partial charge on any atom is 0.134 e. The standard InChI is InChI=1S/C24H20N2S/c1-4-5-11-17(2)26(3)22-16-20-19-14-9-10-15-21(19)27-24(20)23(25-22)18-12-7-6-8-13-18/h4-16H,1-2H2,3H3. The van der Waals surface area contributed by atoms with Crippen LogP contribution in [0.25, 0.3) is 31.4 Å². The van der Waals surface area contributed by atoms with Gasteiger partial charge in [-0.2, -0.15) is 0 Å². The second-order valence-electron chi connectivity index (χ2n) is 6.32. The van der Waals surface area contributed by atoms with Crippen LogP contribution in [0.5, 0.6) is 0 Å². The molecular formula is C24H20N2S. The molecule has 0 radical (unpaired) electrons. The number of likely N-dealkylation sites (N-methyl/N-ethyl adjacent to an activating group) is 1. The predicted molar refractivity (Wildman–Crippen MR) is 119 cm³/mol. The quantitative estimate of drug-likeness (QED) is 0.360. The van der Waals surface area contributed by atoms with Gasteiger partial charge in [-0.15, -0.1) is 11.3 Å². The lowest BCUT2D eigenvalue weighted by atomic mass is 10.1. The van der Waals surface area contributed by atoms with Crippen LogP contribution in [0.4, 0.5) is 5.82 Å². The van der Waals surface area contributed by atoms with E-state index in [1.165, 1.54) is 20.2 Å². The molecule has 0 saturated heterocycles. The van der Waals surface area contributed by atoms with Gasteiger partial charge < -0.3 is 4.90 Å². The fourth-order valence-corrected chi connectivity index (χ4v) is 4.31. The molecule has 3 heteroatoms. The van der Waals surface area contributed by atoms with Crippen molar-refractivity contribution in [2.75, 3.05) is 11.9 Å². The second-order valence-corrected chi connectivity index (χ2v) is 7.37. The van der Waals surface area contributed by atoms with E-state index in [1.54, 1.807) is 17.4 Å². The Bertz CT molecular complexity index is 1170. The highest BCUT2D eigenvalue weighted by Crippen LogP contribution is 2.40. The normalized spacial score (nSPS) is 11.3. The monoisotopic (exact) mass is 368 g/mol.